The van der Waals surface area contributed by atoms with Crippen LogP contribution in [0.1, 0.15) is 22.6 Å². The predicted octanol–water partition coefficient (Wildman–Crippen LogP) is 0.273. The van der Waals surface area contributed by atoms with Gasteiger partial charge in [-0.25, -0.2) is 9.97 Å². The van der Waals surface area contributed by atoms with Crippen LogP contribution >= 0.6 is 11.8 Å². The van der Waals surface area contributed by atoms with E-state index < -0.39 is 5.44 Å². The first kappa shape index (κ1) is 10.4. The number of rotatable bonds is 1. The highest BCUT2D eigenvalue weighted by atomic mass is 32.2. The summed E-state index contributed by atoms with van der Waals surface area (Å²) in [6.07, 6.45) is 0. The van der Waals surface area contributed by atoms with Gasteiger partial charge in [0.15, 0.2) is 11.3 Å². The van der Waals surface area contributed by atoms with Gasteiger partial charge in [0, 0.05) is 11.4 Å². The van der Waals surface area contributed by atoms with Crippen molar-refractivity contribution in [3.63, 3.8) is 0 Å². The smallest absolute Gasteiger partial charge is 0.260 e. The van der Waals surface area contributed by atoms with Crippen LogP contribution in [0, 0.1) is 13.8 Å². The summed E-state index contributed by atoms with van der Waals surface area (Å²) in [5.74, 6) is 0.162. The van der Waals surface area contributed by atoms with Gasteiger partial charge < -0.3 is 10.4 Å². The monoisotopic (exact) mass is 225 g/mol. The third-order valence-corrected chi connectivity index (χ3v) is 3.07. The van der Waals surface area contributed by atoms with Gasteiger partial charge in [0.2, 0.25) is 0 Å². The van der Waals surface area contributed by atoms with Gasteiger partial charge in [-0.05, 0) is 19.9 Å². The number of aliphatic hydroxyl groups is 1. The fourth-order valence-electron chi connectivity index (χ4n) is 1.42. The SMILES string of the molecule is Cc1cc(C)nc(C2NC(=O)C(O)S2)n1. The summed E-state index contributed by atoms with van der Waals surface area (Å²) >= 11 is 1.11. The number of carbonyl (C=O) groups excluding carboxylic acids is 1. The third-order valence-electron chi connectivity index (χ3n) is 2.00. The number of carbonyl (C=O) groups is 1. The molecular formula is C9H11N3O2S. The molecule has 1 aromatic heterocycles. The Morgan fingerprint density at radius 2 is 2.00 bits per heavy atom. The normalized spacial score (nSPS) is 25.4. The van der Waals surface area contributed by atoms with Crippen LogP contribution in [0.15, 0.2) is 6.07 Å². The molecule has 0 saturated carbocycles. The molecule has 2 rings (SSSR count). The number of thioether (sulfide) groups is 1. The molecule has 0 radical (unpaired) electrons. The van der Waals surface area contributed by atoms with Gasteiger partial charge in [-0.1, -0.05) is 11.8 Å². The predicted molar refractivity (Wildman–Crippen MR) is 56.0 cm³/mol. The second-order valence-corrected chi connectivity index (χ2v) is 4.58. The van der Waals surface area contributed by atoms with E-state index in [0.717, 1.165) is 23.1 Å². The van der Waals surface area contributed by atoms with E-state index in [2.05, 4.69) is 15.3 Å². The summed E-state index contributed by atoms with van der Waals surface area (Å²) < 4.78 is 0. The molecule has 0 aromatic carbocycles. The molecule has 2 atom stereocenters. The van der Waals surface area contributed by atoms with Crippen LogP contribution in [-0.4, -0.2) is 26.4 Å². The topological polar surface area (TPSA) is 75.1 Å². The molecule has 1 amide bonds. The van der Waals surface area contributed by atoms with Gasteiger partial charge in [-0.3, -0.25) is 4.79 Å². The van der Waals surface area contributed by atoms with E-state index in [-0.39, 0.29) is 11.3 Å². The second-order valence-electron chi connectivity index (χ2n) is 3.39. The van der Waals surface area contributed by atoms with Crippen molar-refractivity contribution in [3.8, 4) is 0 Å². The summed E-state index contributed by atoms with van der Waals surface area (Å²) in [6.45, 7) is 3.74. The number of aryl methyl sites for hydroxylation is 2. The van der Waals surface area contributed by atoms with E-state index in [0.29, 0.717) is 5.82 Å². The molecule has 2 unspecified atom stereocenters. The molecule has 0 spiro atoms. The van der Waals surface area contributed by atoms with Gasteiger partial charge in [0.25, 0.3) is 5.91 Å². The molecule has 1 saturated heterocycles. The molecular weight excluding hydrogens is 214 g/mol. The standard InChI is InChI=1S/C9H11N3O2S/c1-4-3-5(2)11-6(10-4)8-12-7(13)9(14)15-8/h3,8-9,14H,1-2H3,(H,12,13). The lowest BCUT2D eigenvalue weighted by Gasteiger charge is -2.08. The number of nitrogens with zero attached hydrogens (tertiary/aromatic N) is 2. The lowest BCUT2D eigenvalue weighted by molar-refractivity contribution is -0.124. The number of nitrogens with one attached hydrogen (secondary N) is 1. The first-order valence-electron chi connectivity index (χ1n) is 4.52. The molecule has 0 aliphatic carbocycles. The molecule has 1 aromatic rings. The fraction of sp³-hybridized carbons (Fsp3) is 0.444. The van der Waals surface area contributed by atoms with Crippen LogP contribution in [0.2, 0.25) is 0 Å². The maximum absolute atomic E-state index is 11.1. The summed E-state index contributed by atoms with van der Waals surface area (Å²) in [4.78, 5) is 19.5. The van der Waals surface area contributed by atoms with E-state index in [4.69, 9.17) is 0 Å². The molecule has 2 heterocycles. The maximum Gasteiger partial charge on any atom is 0.260 e. The van der Waals surface area contributed by atoms with E-state index in [1.165, 1.54) is 0 Å². The third kappa shape index (κ3) is 2.10. The molecule has 5 nitrogen and oxygen atoms in total. The largest absolute Gasteiger partial charge is 0.373 e. The Kier molecular flexibility index (Phi) is 2.62. The van der Waals surface area contributed by atoms with Crippen LogP contribution in [-0.2, 0) is 4.79 Å². The zero-order valence-electron chi connectivity index (χ0n) is 8.39. The van der Waals surface area contributed by atoms with E-state index in [1.54, 1.807) is 0 Å². The Labute approximate surface area is 91.3 Å². The average Bonchev–Trinajstić information content (AvgIpc) is 2.45. The fourth-order valence-corrected chi connectivity index (χ4v) is 2.28. The Morgan fingerprint density at radius 1 is 1.40 bits per heavy atom. The van der Waals surface area contributed by atoms with E-state index >= 15 is 0 Å². The Bertz CT molecular complexity index is 390. The zero-order valence-corrected chi connectivity index (χ0v) is 9.21. The highest BCUT2D eigenvalue weighted by Crippen LogP contribution is 2.32. The Balaban J connectivity index is 2.27. The van der Waals surface area contributed by atoms with Crippen molar-refractivity contribution in [2.24, 2.45) is 0 Å². The van der Waals surface area contributed by atoms with Crippen LogP contribution in [0.4, 0.5) is 0 Å². The number of amides is 1. The van der Waals surface area contributed by atoms with Gasteiger partial charge in [-0.2, -0.15) is 0 Å². The van der Waals surface area contributed by atoms with Gasteiger partial charge >= 0.3 is 0 Å². The van der Waals surface area contributed by atoms with Crippen molar-refractivity contribution in [1.82, 2.24) is 15.3 Å². The summed E-state index contributed by atoms with van der Waals surface area (Å²) in [6, 6.07) is 1.86. The summed E-state index contributed by atoms with van der Waals surface area (Å²) in [7, 11) is 0. The molecule has 1 aliphatic heterocycles. The zero-order chi connectivity index (χ0) is 11.0. The minimum atomic E-state index is -1.01. The number of aliphatic hydroxyl groups excluding tert-OH is 1. The van der Waals surface area contributed by atoms with Crippen molar-refractivity contribution in [2.75, 3.05) is 0 Å². The van der Waals surface area contributed by atoms with Crippen molar-refractivity contribution < 1.29 is 9.90 Å². The summed E-state index contributed by atoms with van der Waals surface area (Å²) in [5.41, 5.74) is 0.696. The molecule has 80 valence electrons. The van der Waals surface area contributed by atoms with Gasteiger partial charge in [0.05, 0.1) is 0 Å². The number of hydrogen-bond acceptors (Lipinski definition) is 5. The highest BCUT2D eigenvalue weighted by molar-refractivity contribution is 8.01. The molecule has 6 heteroatoms. The van der Waals surface area contributed by atoms with Crippen molar-refractivity contribution >= 4 is 17.7 Å². The Morgan fingerprint density at radius 3 is 2.47 bits per heavy atom. The van der Waals surface area contributed by atoms with Crippen molar-refractivity contribution in [1.29, 1.82) is 0 Å². The van der Waals surface area contributed by atoms with Gasteiger partial charge in [-0.15, -0.1) is 0 Å². The number of hydrogen-bond donors (Lipinski definition) is 2. The van der Waals surface area contributed by atoms with Crippen LogP contribution in [0.25, 0.3) is 0 Å². The first-order chi connectivity index (χ1) is 7.06. The van der Waals surface area contributed by atoms with Crippen LogP contribution in [0.3, 0.4) is 0 Å². The molecule has 1 fully saturated rings. The second kappa shape index (κ2) is 3.79. The van der Waals surface area contributed by atoms with E-state index in [9.17, 15) is 9.90 Å². The molecule has 1 aliphatic rings. The number of aromatic nitrogens is 2. The quantitative estimate of drug-likeness (QED) is 0.717. The lowest BCUT2D eigenvalue weighted by Crippen LogP contribution is -2.24. The molecule has 2 N–H and O–H groups in total. The lowest BCUT2D eigenvalue weighted by atomic mass is 10.3. The molecule has 15 heavy (non-hydrogen) atoms. The Hall–Kier alpha value is -1.14. The van der Waals surface area contributed by atoms with Crippen molar-refractivity contribution in [3.05, 3.63) is 23.3 Å². The first-order valence-corrected chi connectivity index (χ1v) is 5.46. The average molecular weight is 225 g/mol. The summed E-state index contributed by atoms with van der Waals surface area (Å²) in [5, 5.41) is 11.5. The highest BCUT2D eigenvalue weighted by Gasteiger charge is 2.33. The van der Waals surface area contributed by atoms with Gasteiger partial charge in [0.1, 0.15) is 5.37 Å². The van der Waals surface area contributed by atoms with Crippen LogP contribution in [0.5, 0.6) is 0 Å². The van der Waals surface area contributed by atoms with E-state index in [1.807, 2.05) is 19.9 Å². The minimum Gasteiger partial charge on any atom is -0.373 e. The molecule has 0 bridgehead atoms. The minimum absolute atomic E-state index is 0.342. The van der Waals surface area contributed by atoms with Crippen molar-refractivity contribution in [2.45, 2.75) is 24.7 Å². The maximum atomic E-state index is 11.1. The van der Waals surface area contributed by atoms with Crippen LogP contribution < -0.4 is 5.32 Å².